The Balaban J connectivity index is 1.94. The number of para-hydroxylation sites is 2. The number of rotatable bonds is 4. The van der Waals surface area contributed by atoms with Gasteiger partial charge in [-0.25, -0.2) is 5.01 Å². The van der Waals surface area contributed by atoms with E-state index in [1.807, 2.05) is 62.4 Å². The summed E-state index contributed by atoms with van der Waals surface area (Å²) in [5.41, 5.74) is 1.39. The Morgan fingerprint density at radius 1 is 1.15 bits per heavy atom. The Hall–Kier alpha value is -2.80. The summed E-state index contributed by atoms with van der Waals surface area (Å²) in [6.07, 6.45) is -0.462. The van der Waals surface area contributed by atoms with Crippen LogP contribution in [-0.4, -0.2) is 28.4 Å². The van der Waals surface area contributed by atoms with Gasteiger partial charge in [0, 0.05) is 10.8 Å². The van der Waals surface area contributed by atoms with Crippen LogP contribution in [0.2, 0.25) is 0 Å². The molecular formula is C20H20N4O2S. The zero-order valence-corrected chi connectivity index (χ0v) is 16.0. The van der Waals surface area contributed by atoms with Crippen LogP contribution in [0.3, 0.4) is 0 Å². The third kappa shape index (κ3) is 3.19. The van der Waals surface area contributed by atoms with Crippen molar-refractivity contribution in [3.63, 3.8) is 0 Å². The minimum Gasteiger partial charge on any atom is -0.493 e. The zero-order chi connectivity index (χ0) is 18.8. The first-order valence-corrected chi connectivity index (χ1v) is 9.92. The molecule has 2 aliphatic heterocycles. The molecule has 0 bridgehead atoms. The number of ether oxygens (including phenoxy) is 1. The number of carbonyl (C=O) groups excluding carboxylic acids is 1. The Morgan fingerprint density at radius 3 is 2.74 bits per heavy atom. The van der Waals surface area contributed by atoms with Crippen LogP contribution < -0.4 is 20.6 Å². The van der Waals surface area contributed by atoms with E-state index in [1.165, 1.54) is 11.8 Å². The predicted octanol–water partition coefficient (Wildman–Crippen LogP) is 1.98. The van der Waals surface area contributed by atoms with Gasteiger partial charge in [0.15, 0.2) is 11.3 Å². The number of amidine groups is 1. The van der Waals surface area contributed by atoms with Crippen molar-refractivity contribution in [2.24, 2.45) is 10.1 Å². The Labute approximate surface area is 161 Å². The van der Waals surface area contributed by atoms with Gasteiger partial charge in [0.05, 0.1) is 12.0 Å². The molecule has 1 amide bonds. The summed E-state index contributed by atoms with van der Waals surface area (Å²) in [5, 5.41) is 11.4. The molecule has 6 nitrogen and oxygen atoms in total. The summed E-state index contributed by atoms with van der Waals surface area (Å²) in [7, 11) is 0. The van der Waals surface area contributed by atoms with Crippen LogP contribution in [0.1, 0.15) is 25.6 Å². The van der Waals surface area contributed by atoms with Crippen molar-refractivity contribution in [2.75, 3.05) is 12.4 Å². The maximum atomic E-state index is 12.9. The van der Waals surface area contributed by atoms with Gasteiger partial charge in [0.2, 0.25) is 0 Å². The largest absolute Gasteiger partial charge is 0.493 e. The number of hydrazone groups is 1. The predicted molar refractivity (Wildman–Crippen MR) is 107 cm³/mol. The lowest BCUT2D eigenvalue weighted by atomic mass is 10.1. The highest BCUT2D eigenvalue weighted by Gasteiger charge is 2.35. The number of fused-ring (bicyclic) bond motifs is 2. The Morgan fingerprint density at radius 2 is 1.93 bits per heavy atom. The van der Waals surface area contributed by atoms with Gasteiger partial charge < -0.3 is 4.74 Å². The van der Waals surface area contributed by atoms with Gasteiger partial charge in [-0.2, -0.15) is 0 Å². The van der Waals surface area contributed by atoms with Crippen molar-refractivity contribution in [2.45, 2.75) is 20.0 Å². The number of thioether (sulfide) groups is 1. The van der Waals surface area contributed by atoms with Crippen LogP contribution in [0.4, 0.5) is 0 Å². The quantitative estimate of drug-likeness (QED) is 0.881. The molecule has 2 aromatic rings. The molecular weight excluding hydrogens is 360 g/mol. The van der Waals surface area contributed by atoms with E-state index in [0.717, 1.165) is 27.6 Å². The third-order valence-electron chi connectivity index (χ3n) is 4.29. The second kappa shape index (κ2) is 7.44. The van der Waals surface area contributed by atoms with Crippen LogP contribution >= 0.6 is 11.8 Å². The zero-order valence-electron chi connectivity index (χ0n) is 15.2. The van der Waals surface area contributed by atoms with E-state index in [4.69, 9.17) is 14.8 Å². The standard InChI is InChI=1S/C20H20N4O2S/c1-3-26-16-12-8-6-10-14(16)18-21-15-11-7-5-9-13(15)17-19(25)22-20(27-4-2)23-24(17)18/h5-12,18H,3-4H2,1-2H3,(H,22,23,25)/t18-/m1/s1. The van der Waals surface area contributed by atoms with Gasteiger partial charge in [-0.1, -0.05) is 55.1 Å². The lowest BCUT2D eigenvalue weighted by Gasteiger charge is -2.34. The number of carbonyl (C=O) groups is 1. The molecule has 2 heterocycles. The van der Waals surface area contributed by atoms with Crippen molar-refractivity contribution in [3.05, 3.63) is 64.7 Å². The van der Waals surface area contributed by atoms with E-state index in [1.54, 1.807) is 5.01 Å². The van der Waals surface area contributed by atoms with Crippen LogP contribution in [0.15, 0.2) is 58.6 Å². The van der Waals surface area contributed by atoms with Crippen LogP contribution in [0.5, 0.6) is 5.75 Å². The number of hydrogen-bond acceptors (Lipinski definition) is 6. The summed E-state index contributed by atoms with van der Waals surface area (Å²) >= 11 is 1.49. The summed E-state index contributed by atoms with van der Waals surface area (Å²) in [4.78, 5) is 17.8. The lowest BCUT2D eigenvalue weighted by Crippen LogP contribution is -2.50. The Kier molecular flexibility index (Phi) is 4.85. The summed E-state index contributed by atoms with van der Waals surface area (Å²) in [6.45, 7) is 4.53. The van der Waals surface area contributed by atoms with E-state index >= 15 is 0 Å². The van der Waals surface area contributed by atoms with E-state index < -0.39 is 6.17 Å². The number of benzene rings is 2. The molecule has 27 heavy (non-hydrogen) atoms. The molecule has 0 aliphatic carbocycles. The molecule has 0 saturated carbocycles. The highest BCUT2D eigenvalue weighted by molar-refractivity contribution is 8.13. The van der Waals surface area contributed by atoms with E-state index in [9.17, 15) is 4.79 Å². The molecule has 1 atom stereocenters. The Bertz CT molecular complexity index is 1030. The van der Waals surface area contributed by atoms with Crippen molar-refractivity contribution in [3.8, 4) is 5.75 Å². The maximum Gasteiger partial charge on any atom is 0.276 e. The average molecular weight is 380 g/mol. The average Bonchev–Trinajstić information content (AvgIpc) is 2.68. The van der Waals surface area contributed by atoms with Crippen molar-refractivity contribution in [1.29, 1.82) is 0 Å². The summed E-state index contributed by atoms with van der Waals surface area (Å²) in [6, 6.07) is 15.4. The molecule has 2 aromatic carbocycles. The topological polar surface area (TPSA) is 66.3 Å². The first-order chi connectivity index (χ1) is 13.2. The molecule has 0 radical (unpaired) electrons. The van der Waals surface area contributed by atoms with Crippen molar-refractivity contribution in [1.82, 2.24) is 10.3 Å². The molecule has 0 fully saturated rings. The molecule has 0 unspecified atom stereocenters. The highest BCUT2D eigenvalue weighted by atomic mass is 32.2. The molecule has 0 saturated heterocycles. The van der Waals surface area contributed by atoms with Crippen LogP contribution in [0, 0.1) is 0 Å². The smallest absolute Gasteiger partial charge is 0.276 e. The molecule has 1 N–H and O–H groups in total. The fraction of sp³-hybridized carbons (Fsp3) is 0.250. The first-order valence-electron chi connectivity index (χ1n) is 8.93. The van der Waals surface area contributed by atoms with Gasteiger partial charge in [0.1, 0.15) is 11.4 Å². The van der Waals surface area contributed by atoms with Gasteiger partial charge in [-0.05, 0) is 24.8 Å². The fourth-order valence-corrected chi connectivity index (χ4v) is 3.80. The highest BCUT2D eigenvalue weighted by Crippen LogP contribution is 2.35. The third-order valence-corrected chi connectivity index (χ3v) is 5.04. The van der Waals surface area contributed by atoms with E-state index in [2.05, 4.69) is 5.32 Å². The maximum absolute atomic E-state index is 12.9. The molecule has 138 valence electrons. The first kappa shape index (κ1) is 17.6. The lowest BCUT2D eigenvalue weighted by molar-refractivity contribution is -0.116. The van der Waals surface area contributed by atoms with Gasteiger partial charge >= 0.3 is 0 Å². The molecule has 4 rings (SSSR count). The van der Waals surface area contributed by atoms with Crippen molar-refractivity contribution < 1.29 is 9.53 Å². The number of nitrogens with zero attached hydrogens (tertiary/aromatic N) is 3. The second-order valence-corrected chi connectivity index (χ2v) is 7.23. The molecule has 0 aromatic heterocycles. The van der Waals surface area contributed by atoms with Gasteiger partial charge in [0.25, 0.3) is 5.91 Å². The normalized spacial score (nSPS) is 18.1. The number of nitrogens with one attached hydrogen (secondary N) is 1. The molecule has 2 aliphatic rings. The molecule has 7 heteroatoms. The second-order valence-electron chi connectivity index (χ2n) is 5.98. The van der Waals surface area contributed by atoms with Crippen LogP contribution in [-0.2, 0) is 4.79 Å². The number of amides is 1. The SMILES string of the molecule is CCOc1ccccc1[C@@H]1N=c2ccccc2=C2C(=O)NC(SCC)=NN21. The monoisotopic (exact) mass is 380 g/mol. The summed E-state index contributed by atoms with van der Waals surface area (Å²) < 4.78 is 5.81. The summed E-state index contributed by atoms with van der Waals surface area (Å²) in [5.74, 6) is 1.40. The van der Waals surface area contributed by atoms with Crippen molar-refractivity contribution >= 4 is 28.5 Å². The number of hydrogen-bond donors (Lipinski definition) is 1. The fourth-order valence-electron chi connectivity index (χ4n) is 3.21. The van der Waals surface area contributed by atoms with Gasteiger partial charge in [-0.15, -0.1) is 5.10 Å². The van der Waals surface area contributed by atoms with Gasteiger partial charge in [-0.3, -0.25) is 15.1 Å². The minimum atomic E-state index is -0.462. The van der Waals surface area contributed by atoms with E-state index in [-0.39, 0.29) is 5.91 Å². The minimum absolute atomic E-state index is 0.165. The van der Waals surface area contributed by atoms with Crippen LogP contribution in [0.25, 0.3) is 5.70 Å². The van der Waals surface area contributed by atoms with E-state index in [0.29, 0.717) is 17.5 Å². The molecule has 0 spiro atoms.